The van der Waals surface area contributed by atoms with E-state index in [2.05, 4.69) is 22.5 Å². The van der Waals surface area contributed by atoms with Crippen molar-refractivity contribution in [2.24, 2.45) is 0 Å². The van der Waals surface area contributed by atoms with Gasteiger partial charge in [-0.25, -0.2) is 0 Å². The summed E-state index contributed by atoms with van der Waals surface area (Å²) in [5, 5.41) is 6.45. The van der Waals surface area contributed by atoms with E-state index in [9.17, 15) is 9.59 Å². The first-order chi connectivity index (χ1) is 9.99. The minimum atomic E-state index is -0.256. The average Bonchev–Trinajstić information content (AvgIpc) is 2.83. The maximum atomic E-state index is 12.2. The summed E-state index contributed by atoms with van der Waals surface area (Å²) >= 11 is 3.20. The largest absolute Gasteiger partial charge is 0.397 e. The third-order valence-electron chi connectivity index (χ3n) is 3.34. The minimum Gasteiger partial charge on any atom is -0.397 e. The van der Waals surface area contributed by atoms with Crippen LogP contribution < -0.4 is 21.3 Å². The highest BCUT2D eigenvalue weighted by atomic mass is 32.2. The zero-order valence-electron chi connectivity index (χ0n) is 12.4. The van der Waals surface area contributed by atoms with Crippen LogP contribution in [0.5, 0.6) is 0 Å². The van der Waals surface area contributed by atoms with Crippen LogP contribution in [0.3, 0.4) is 0 Å². The minimum absolute atomic E-state index is 0.250. The van der Waals surface area contributed by atoms with Crippen molar-refractivity contribution in [3.8, 4) is 0 Å². The summed E-state index contributed by atoms with van der Waals surface area (Å²) in [6.07, 6.45) is 0. The van der Waals surface area contributed by atoms with Gasteiger partial charge in [0, 0.05) is 38.2 Å². The van der Waals surface area contributed by atoms with Gasteiger partial charge in [0.15, 0.2) is 0 Å². The van der Waals surface area contributed by atoms with E-state index >= 15 is 0 Å². The van der Waals surface area contributed by atoms with Crippen LogP contribution in [0, 0.1) is 0 Å². The maximum absolute atomic E-state index is 12.2. The Morgan fingerprint density at radius 2 is 1.95 bits per heavy atom. The normalized spacial score (nSPS) is 18.4. The Hall–Kier alpha value is -1.41. The lowest BCUT2D eigenvalue weighted by molar-refractivity contribution is 0.0963. The fourth-order valence-electron chi connectivity index (χ4n) is 2.28. The Labute approximate surface area is 132 Å². The highest BCUT2D eigenvalue weighted by Gasteiger charge is 2.29. The summed E-state index contributed by atoms with van der Waals surface area (Å²) in [6.45, 7) is 3.86. The third kappa shape index (κ3) is 3.11. The van der Waals surface area contributed by atoms with Crippen LogP contribution in [-0.4, -0.2) is 50.0 Å². The topological polar surface area (TPSA) is 87.5 Å². The summed E-state index contributed by atoms with van der Waals surface area (Å²) in [7, 11) is 3.12. The number of thiophene rings is 1. The molecule has 2 rings (SSSR count). The molecule has 0 aromatic carbocycles. The molecule has 1 saturated heterocycles. The number of amides is 2. The molecule has 4 N–H and O–H groups in total. The average molecular weight is 328 g/mol. The van der Waals surface area contributed by atoms with Crippen molar-refractivity contribution in [1.82, 2.24) is 10.6 Å². The van der Waals surface area contributed by atoms with Crippen LogP contribution in [0.25, 0.3) is 0 Å². The molecule has 116 valence electrons. The fraction of sp³-hybridized carbons (Fsp3) is 0.538. The molecular formula is C13H20N4O2S2. The molecule has 2 heterocycles. The second kappa shape index (κ2) is 6.57. The lowest BCUT2D eigenvalue weighted by atomic mass is 10.2. The molecule has 0 bridgehead atoms. The molecule has 6 nitrogen and oxygen atoms in total. The van der Waals surface area contributed by atoms with Crippen molar-refractivity contribution in [3.63, 3.8) is 0 Å². The summed E-state index contributed by atoms with van der Waals surface area (Å²) in [4.78, 5) is 26.6. The predicted octanol–water partition coefficient (Wildman–Crippen LogP) is 0.991. The highest BCUT2D eigenvalue weighted by molar-refractivity contribution is 8.00. The Morgan fingerprint density at radius 3 is 2.52 bits per heavy atom. The van der Waals surface area contributed by atoms with Gasteiger partial charge in [0.1, 0.15) is 9.88 Å². The molecular weight excluding hydrogens is 308 g/mol. The molecule has 21 heavy (non-hydrogen) atoms. The van der Waals surface area contributed by atoms with Crippen molar-refractivity contribution >= 4 is 45.6 Å². The summed E-state index contributed by atoms with van der Waals surface area (Å²) < 4.78 is 0. The van der Waals surface area contributed by atoms with Gasteiger partial charge >= 0.3 is 0 Å². The summed E-state index contributed by atoms with van der Waals surface area (Å²) in [6, 6.07) is 0. The molecule has 1 aromatic rings. The molecule has 2 amide bonds. The van der Waals surface area contributed by atoms with E-state index in [1.807, 2.05) is 11.8 Å². The predicted molar refractivity (Wildman–Crippen MR) is 89.6 cm³/mol. The lowest BCUT2D eigenvalue weighted by Crippen LogP contribution is -2.37. The van der Waals surface area contributed by atoms with Gasteiger partial charge in [-0.2, -0.15) is 11.8 Å². The van der Waals surface area contributed by atoms with Crippen LogP contribution in [-0.2, 0) is 0 Å². The number of thioether (sulfide) groups is 1. The van der Waals surface area contributed by atoms with Crippen molar-refractivity contribution < 1.29 is 9.59 Å². The van der Waals surface area contributed by atoms with E-state index < -0.39 is 0 Å². The third-order valence-corrected chi connectivity index (χ3v) is 5.74. The Balaban J connectivity index is 2.47. The van der Waals surface area contributed by atoms with E-state index in [4.69, 9.17) is 5.73 Å². The number of nitrogens with two attached hydrogens (primary N) is 1. The molecule has 0 saturated carbocycles. The second-order valence-electron chi connectivity index (χ2n) is 4.81. The molecule has 0 spiro atoms. The molecule has 1 unspecified atom stereocenters. The first-order valence-corrected chi connectivity index (χ1v) is 8.59. The maximum Gasteiger partial charge on any atom is 0.263 e. The quantitative estimate of drug-likeness (QED) is 0.770. The Morgan fingerprint density at radius 1 is 1.29 bits per heavy atom. The smallest absolute Gasteiger partial charge is 0.263 e. The van der Waals surface area contributed by atoms with Gasteiger partial charge in [-0.05, 0) is 0 Å². The number of rotatable bonds is 3. The Bertz CT molecular complexity index is 559. The summed E-state index contributed by atoms with van der Waals surface area (Å²) in [5.74, 6) is 0.495. The number of carbonyl (C=O) groups is 2. The highest BCUT2D eigenvalue weighted by Crippen LogP contribution is 2.39. The number of nitrogen functional groups attached to an aromatic ring is 1. The lowest BCUT2D eigenvalue weighted by Gasteiger charge is -2.31. The van der Waals surface area contributed by atoms with Gasteiger partial charge in [-0.3, -0.25) is 9.59 Å². The van der Waals surface area contributed by atoms with Gasteiger partial charge in [0.05, 0.1) is 11.3 Å². The van der Waals surface area contributed by atoms with Gasteiger partial charge in [-0.15, -0.1) is 11.3 Å². The first kappa shape index (κ1) is 16.0. The van der Waals surface area contributed by atoms with E-state index in [1.54, 1.807) is 14.1 Å². The molecule has 1 aliphatic rings. The second-order valence-corrected chi connectivity index (χ2v) is 7.36. The molecule has 0 radical (unpaired) electrons. The van der Waals surface area contributed by atoms with Gasteiger partial charge in [0.2, 0.25) is 0 Å². The molecule has 1 aromatic heterocycles. The summed E-state index contributed by atoms with van der Waals surface area (Å²) in [5.41, 5.74) is 6.74. The van der Waals surface area contributed by atoms with Crippen LogP contribution in [0.2, 0.25) is 0 Å². The molecule has 8 heteroatoms. The number of carbonyl (C=O) groups excluding carboxylic acids is 2. The molecule has 1 atom stereocenters. The number of nitrogens with zero attached hydrogens (tertiary/aromatic N) is 1. The fourth-order valence-corrected chi connectivity index (χ4v) is 4.50. The van der Waals surface area contributed by atoms with Crippen molar-refractivity contribution in [3.05, 3.63) is 10.4 Å². The number of nitrogens with one attached hydrogen (secondary N) is 2. The van der Waals surface area contributed by atoms with Crippen LogP contribution in [0.4, 0.5) is 10.7 Å². The van der Waals surface area contributed by atoms with Crippen LogP contribution >= 0.6 is 23.1 Å². The zero-order valence-corrected chi connectivity index (χ0v) is 14.0. The van der Waals surface area contributed by atoms with Crippen LogP contribution in [0.15, 0.2) is 0 Å². The zero-order chi connectivity index (χ0) is 15.6. The van der Waals surface area contributed by atoms with Crippen molar-refractivity contribution in [2.75, 3.05) is 43.6 Å². The van der Waals surface area contributed by atoms with E-state index in [0.717, 1.165) is 23.8 Å². The van der Waals surface area contributed by atoms with Gasteiger partial charge in [-0.1, -0.05) is 6.92 Å². The first-order valence-electron chi connectivity index (χ1n) is 6.72. The van der Waals surface area contributed by atoms with E-state index in [1.165, 1.54) is 11.3 Å². The number of anilines is 2. The molecule has 0 aliphatic carbocycles. The van der Waals surface area contributed by atoms with Crippen molar-refractivity contribution in [2.45, 2.75) is 12.2 Å². The monoisotopic (exact) mass is 328 g/mol. The SMILES string of the molecule is CNC(=O)c1sc(N2CCSC(C)C2)c(C(=O)NC)c1N. The van der Waals surface area contributed by atoms with Gasteiger partial charge in [0.25, 0.3) is 11.8 Å². The van der Waals surface area contributed by atoms with E-state index in [0.29, 0.717) is 15.7 Å². The molecule has 1 fully saturated rings. The van der Waals surface area contributed by atoms with Crippen LogP contribution in [0.1, 0.15) is 27.0 Å². The molecule has 1 aliphatic heterocycles. The number of hydrogen-bond acceptors (Lipinski definition) is 6. The van der Waals surface area contributed by atoms with Gasteiger partial charge < -0.3 is 21.3 Å². The van der Waals surface area contributed by atoms with Crippen molar-refractivity contribution in [1.29, 1.82) is 0 Å². The number of hydrogen-bond donors (Lipinski definition) is 3. The van der Waals surface area contributed by atoms with E-state index in [-0.39, 0.29) is 17.5 Å². The Kier molecular flexibility index (Phi) is 5.00. The standard InChI is InChI=1S/C13H20N4O2S2/c1-7-6-17(4-5-20-7)13-8(11(18)15-2)9(14)10(21-13)12(19)16-3/h7H,4-6,14H2,1-3H3,(H,15,18)(H,16,19).